The van der Waals surface area contributed by atoms with Gasteiger partial charge in [-0.15, -0.1) is 0 Å². The number of hydrogen-bond donors (Lipinski definition) is 0. The Kier molecular flexibility index (Phi) is 6.01. The molecule has 0 radical (unpaired) electrons. The standard InChI is InChI=1S/C20H22N2O3.ClH/c23-20(17-6-7-18-19(14-17)25-13-12-24-18)22-10-8-21(9-11-22)15-16-4-2-1-3-5-16;/h1-7,14H,8-13,15H2;1H/p-1. The Morgan fingerprint density at radius 2 is 1.58 bits per heavy atom. The van der Waals surface area contributed by atoms with Crippen molar-refractivity contribution in [3.63, 3.8) is 0 Å². The van der Waals surface area contributed by atoms with E-state index in [9.17, 15) is 4.79 Å². The molecule has 0 unspecified atom stereocenters. The summed E-state index contributed by atoms with van der Waals surface area (Å²) < 4.78 is 11.1. The van der Waals surface area contributed by atoms with Gasteiger partial charge in [0.2, 0.25) is 0 Å². The molecule has 0 aromatic heterocycles. The summed E-state index contributed by atoms with van der Waals surface area (Å²) in [5.41, 5.74) is 1.98. The van der Waals surface area contributed by atoms with Crippen molar-refractivity contribution in [1.82, 2.24) is 9.80 Å². The highest BCUT2D eigenvalue weighted by atomic mass is 35.5. The topological polar surface area (TPSA) is 42.0 Å². The second kappa shape index (κ2) is 8.43. The summed E-state index contributed by atoms with van der Waals surface area (Å²) in [7, 11) is 0. The molecule has 5 nitrogen and oxygen atoms in total. The van der Waals surface area contributed by atoms with Gasteiger partial charge >= 0.3 is 0 Å². The van der Waals surface area contributed by atoms with Crippen LogP contribution in [0.25, 0.3) is 0 Å². The fourth-order valence-electron chi connectivity index (χ4n) is 3.31. The predicted octanol–water partition coefficient (Wildman–Crippen LogP) is -0.580. The number of hydrogen-bond acceptors (Lipinski definition) is 4. The minimum atomic E-state index is 0. The molecule has 2 heterocycles. The Balaban J connectivity index is 0.00000196. The summed E-state index contributed by atoms with van der Waals surface area (Å²) in [6, 6.07) is 15.9. The van der Waals surface area contributed by atoms with Crippen molar-refractivity contribution in [3.8, 4) is 11.5 Å². The molecule has 0 saturated carbocycles. The van der Waals surface area contributed by atoms with E-state index in [1.807, 2.05) is 23.1 Å². The van der Waals surface area contributed by atoms with Crippen LogP contribution >= 0.6 is 0 Å². The van der Waals surface area contributed by atoms with Gasteiger partial charge in [-0.1, -0.05) is 30.3 Å². The lowest BCUT2D eigenvalue weighted by Crippen LogP contribution is -3.00. The van der Waals surface area contributed by atoms with E-state index in [-0.39, 0.29) is 18.3 Å². The molecule has 0 aliphatic carbocycles. The number of benzene rings is 2. The van der Waals surface area contributed by atoms with Gasteiger partial charge in [0.1, 0.15) is 13.2 Å². The van der Waals surface area contributed by atoms with Gasteiger partial charge in [0, 0.05) is 38.3 Å². The summed E-state index contributed by atoms with van der Waals surface area (Å²) in [4.78, 5) is 17.1. The largest absolute Gasteiger partial charge is 1.00 e. The van der Waals surface area contributed by atoms with Crippen LogP contribution in [0.4, 0.5) is 0 Å². The van der Waals surface area contributed by atoms with Gasteiger partial charge in [0.15, 0.2) is 11.5 Å². The maximum Gasteiger partial charge on any atom is 0.254 e. The molecule has 1 amide bonds. The van der Waals surface area contributed by atoms with Crippen LogP contribution in [0.5, 0.6) is 11.5 Å². The fourth-order valence-corrected chi connectivity index (χ4v) is 3.31. The summed E-state index contributed by atoms with van der Waals surface area (Å²) in [5.74, 6) is 1.45. The maximum absolute atomic E-state index is 12.8. The van der Waals surface area contributed by atoms with Gasteiger partial charge < -0.3 is 26.8 Å². The monoisotopic (exact) mass is 373 g/mol. The summed E-state index contributed by atoms with van der Waals surface area (Å²) >= 11 is 0. The third-order valence-corrected chi connectivity index (χ3v) is 4.70. The average molecular weight is 374 g/mol. The lowest BCUT2D eigenvalue weighted by atomic mass is 10.1. The lowest BCUT2D eigenvalue weighted by Gasteiger charge is -2.35. The zero-order valence-electron chi connectivity index (χ0n) is 14.6. The molecule has 2 aliphatic rings. The second-order valence-electron chi connectivity index (χ2n) is 6.41. The molecule has 0 bridgehead atoms. The van der Waals surface area contributed by atoms with Crippen molar-refractivity contribution in [3.05, 3.63) is 59.7 Å². The Labute approximate surface area is 159 Å². The first-order chi connectivity index (χ1) is 12.3. The van der Waals surface area contributed by atoms with E-state index in [4.69, 9.17) is 9.47 Å². The van der Waals surface area contributed by atoms with Crippen molar-refractivity contribution < 1.29 is 26.7 Å². The quantitative estimate of drug-likeness (QED) is 0.722. The number of halogens is 1. The van der Waals surface area contributed by atoms with E-state index in [0.717, 1.165) is 38.5 Å². The van der Waals surface area contributed by atoms with Gasteiger partial charge in [-0.25, -0.2) is 0 Å². The number of fused-ring (bicyclic) bond motifs is 1. The number of rotatable bonds is 3. The van der Waals surface area contributed by atoms with Crippen LogP contribution in [-0.2, 0) is 6.54 Å². The Morgan fingerprint density at radius 1 is 0.885 bits per heavy atom. The fraction of sp³-hybridized carbons (Fsp3) is 0.350. The molecule has 1 fully saturated rings. The molecule has 138 valence electrons. The third-order valence-electron chi connectivity index (χ3n) is 4.70. The van der Waals surface area contributed by atoms with Crippen LogP contribution in [0, 0.1) is 0 Å². The molecule has 6 heteroatoms. The van der Waals surface area contributed by atoms with Crippen molar-refractivity contribution >= 4 is 5.91 Å². The molecule has 26 heavy (non-hydrogen) atoms. The summed E-state index contributed by atoms with van der Waals surface area (Å²) in [6.07, 6.45) is 0. The third kappa shape index (κ3) is 4.11. The van der Waals surface area contributed by atoms with Crippen molar-refractivity contribution in [1.29, 1.82) is 0 Å². The predicted molar refractivity (Wildman–Crippen MR) is 95.1 cm³/mol. The average Bonchev–Trinajstić information content (AvgIpc) is 2.68. The van der Waals surface area contributed by atoms with E-state index in [0.29, 0.717) is 24.5 Å². The molecule has 2 aromatic carbocycles. The first-order valence-electron chi connectivity index (χ1n) is 8.75. The Bertz CT molecular complexity index is 746. The van der Waals surface area contributed by atoms with Gasteiger partial charge in [-0.3, -0.25) is 9.69 Å². The number of piperazine rings is 1. The van der Waals surface area contributed by atoms with E-state index in [1.165, 1.54) is 5.56 Å². The molecule has 2 aliphatic heterocycles. The van der Waals surface area contributed by atoms with Crippen LogP contribution in [0.15, 0.2) is 48.5 Å². The van der Waals surface area contributed by atoms with Crippen LogP contribution in [0.1, 0.15) is 15.9 Å². The number of nitrogens with zero attached hydrogens (tertiary/aromatic N) is 2. The van der Waals surface area contributed by atoms with E-state index >= 15 is 0 Å². The highest BCUT2D eigenvalue weighted by Crippen LogP contribution is 2.31. The number of carbonyl (C=O) groups excluding carboxylic acids is 1. The van der Waals surface area contributed by atoms with Crippen LogP contribution in [0.3, 0.4) is 0 Å². The Hall–Kier alpha value is -2.24. The van der Waals surface area contributed by atoms with E-state index in [1.54, 1.807) is 6.07 Å². The number of ether oxygens (including phenoxy) is 2. The summed E-state index contributed by atoms with van der Waals surface area (Å²) in [5, 5.41) is 0. The van der Waals surface area contributed by atoms with E-state index in [2.05, 4.69) is 29.2 Å². The summed E-state index contributed by atoms with van der Waals surface area (Å²) in [6.45, 7) is 5.32. The molecule has 1 saturated heterocycles. The smallest absolute Gasteiger partial charge is 0.254 e. The minimum Gasteiger partial charge on any atom is -1.00 e. The number of amides is 1. The van der Waals surface area contributed by atoms with Crippen LogP contribution in [-0.4, -0.2) is 55.1 Å². The minimum absolute atomic E-state index is 0. The van der Waals surface area contributed by atoms with Crippen molar-refractivity contribution in [2.24, 2.45) is 0 Å². The molecule has 2 aromatic rings. The molecular weight excluding hydrogens is 352 g/mol. The first-order valence-corrected chi connectivity index (χ1v) is 8.75. The zero-order valence-corrected chi connectivity index (χ0v) is 15.3. The maximum atomic E-state index is 12.8. The molecule has 0 spiro atoms. The van der Waals surface area contributed by atoms with Crippen molar-refractivity contribution in [2.75, 3.05) is 39.4 Å². The van der Waals surface area contributed by atoms with Gasteiger partial charge in [0.05, 0.1) is 0 Å². The normalized spacial score (nSPS) is 16.7. The molecular formula is C20H22ClN2O3-. The number of carbonyl (C=O) groups is 1. The highest BCUT2D eigenvalue weighted by Gasteiger charge is 2.23. The molecule has 0 N–H and O–H groups in total. The van der Waals surface area contributed by atoms with Gasteiger partial charge in [0.25, 0.3) is 5.91 Å². The second-order valence-corrected chi connectivity index (χ2v) is 6.41. The Morgan fingerprint density at radius 3 is 2.31 bits per heavy atom. The van der Waals surface area contributed by atoms with Crippen LogP contribution < -0.4 is 21.9 Å². The molecule has 4 rings (SSSR count). The van der Waals surface area contributed by atoms with E-state index < -0.39 is 0 Å². The van der Waals surface area contributed by atoms with Crippen LogP contribution in [0.2, 0.25) is 0 Å². The van der Waals surface area contributed by atoms with Gasteiger partial charge in [-0.05, 0) is 23.8 Å². The van der Waals surface area contributed by atoms with Gasteiger partial charge in [-0.2, -0.15) is 0 Å². The molecule has 0 atom stereocenters. The highest BCUT2D eigenvalue weighted by molar-refractivity contribution is 5.95. The van der Waals surface area contributed by atoms with Crippen molar-refractivity contribution in [2.45, 2.75) is 6.54 Å². The first kappa shape index (κ1) is 18.5. The SMILES string of the molecule is O=C(c1ccc2c(c1)OCCO2)N1CCN(Cc2ccccc2)CC1.[Cl-]. The lowest BCUT2D eigenvalue weighted by molar-refractivity contribution is -0.0000164. The zero-order chi connectivity index (χ0) is 17.1.